The van der Waals surface area contributed by atoms with Crippen molar-refractivity contribution < 1.29 is 9.47 Å². The van der Waals surface area contributed by atoms with Gasteiger partial charge in [-0.1, -0.05) is 0 Å². The van der Waals surface area contributed by atoms with E-state index in [1.54, 1.807) is 0 Å². The van der Waals surface area contributed by atoms with Crippen LogP contribution in [0, 0.1) is 0 Å². The lowest BCUT2D eigenvalue weighted by Crippen LogP contribution is -2.53. The van der Waals surface area contributed by atoms with E-state index in [2.05, 4.69) is 31.9 Å². The summed E-state index contributed by atoms with van der Waals surface area (Å²) in [6, 6.07) is 0. The van der Waals surface area contributed by atoms with Gasteiger partial charge in [-0.3, -0.25) is 0 Å². The average molecular weight is 348 g/mol. The van der Waals surface area contributed by atoms with Gasteiger partial charge in [0, 0.05) is 39.2 Å². The molecule has 4 rings (SSSR count). The Morgan fingerprint density at radius 2 is 2.12 bits per heavy atom. The van der Waals surface area contributed by atoms with E-state index < -0.39 is 0 Å². The summed E-state index contributed by atoms with van der Waals surface area (Å²) in [4.78, 5) is 7.12. The lowest BCUT2D eigenvalue weighted by molar-refractivity contribution is -0.0817. The summed E-state index contributed by atoms with van der Waals surface area (Å²) in [6.07, 6.45) is 4.79. The fraction of sp³-hybridized carbons (Fsp3) is 0.824. The molecular weight excluding hydrogens is 320 g/mol. The van der Waals surface area contributed by atoms with E-state index in [4.69, 9.17) is 14.5 Å². The Balaban J connectivity index is 1.44. The molecule has 8 nitrogen and oxygen atoms in total. The van der Waals surface area contributed by atoms with Gasteiger partial charge in [-0.15, -0.1) is 10.2 Å². The van der Waals surface area contributed by atoms with Crippen molar-refractivity contribution in [2.24, 2.45) is 4.99 Å². The molecule has 1 aromatic rings. The number of hydrogen-bond donors (Lipinski definition) is 1. The van der Waals surface area contributed by atoms with Crippen molar-refractivity contribution in [3.05, 3.63) is 11.6 Å². The summed E-state index contributed by atoms with van der Waals surface area (Å²) >= 11 is 0. The highest BCUT2D eigenvalue weighted by Crippen LogP contribution is 2.21. The number of guanidine groups is 1. The highest BCUT2D eigenvalue weighted by molar-refractivity contribution is 5.80. The molecule has 0 saturated carbocycles. The Bertz CT molecular complexity index is 610. The Kier molecular flexibility index (Phi) is 5.17. The second-order valence-electron chi connectivity index (χ2n) is 6.86. The Labute approximate surface area is 148 Å². The minimum atomic E-state index is 0.137. The normalized spacial score (nSPS) is 26.9. The maximum Gasteiger partial charge on any atom is 0.194 e. The lowest BCUT2D eigenvalue weighted by atomic mass is 10.1. The van der Waals surface area contributed by atoms with Crippen LogP contribution >= 0.6 is 0 Å². The molecule has 2 fully saturated rings. The van der Waals surface area contributed by atoms with Crippen molar-refractivity contribution >= 4 is 5.96 Å². The van der Waals surface area contributed by atoms with Gasteiger partial charge in [0.1, 0.15) is 18.5 Å². The molecule has 0 aliphatic carbocycles. The van der Waals surface area contributed by atoms with Crippen LogP contribution in [0.2, 0.25) is 0 Å². The molecule has 3 aliphatic rings. The van der Waals surface area contributed by atoms with Crippen molar-refractivity contribution in [1.82, 2.24) is 25.0 Å². The summed E-state index contributed by atoms with van der Waals surface area (Å²) < 4.78 is 14.0. The Hall–Kier alpha value is -1.67. The smallest absolute Gasteiger partial charge is 0.194 e. The monoisotopic (exact) mass is 348 g/mol. The molecular formula is C17H28N6O2. The third kappa shape index (κ3) is 3.64. The largest absolute Gasteiger partial charge is 0.375 e. The first-order valence-corrected chi connectivity index (χ1v) is 9.52. The van der Waals surface area contributed by atoms with Crippen LogP contribution in [-0.2, 0) is 29.0 Å². The minimum Gasteiger partial charge on any atom is -0.375 e. The van der Waals surface area contributed by atoms with Gasteiger partial charge in [-0.05, 0) is 26.2 Å². The molecule has 3 aliphatic heterocycles. The van der Waals surface area contributed by atoms with Crippen LogP contribution in [0.1, 0.15) is 37.8 Å². The third-order valence-corrected chi connectivity index (χ3v) is 5.16. The summed E-state index contributed by atoms with van der Waals surface area (Å²) in [5.74, 6) is 3.00. The van der Waals surface area contributed by atoms with E-state index >= 15 is 0 Å². The van der Waals surface area contributed by atoms with E-state index in [1.807, 2.05) is 0 Å². The maximum atomic E-state index is 5.96. The number of nitrogens with one attached hydrogen (secondary N) is 1. The zero-order valence-electron chi connectivity index (χ0n) is 15.0. The Morgan fingerprint density at radius 1 is 1.20 bits per heavy atom. The van der Waals surface area contributed by atoms with Crippen LogP contribution in [0.5, 0.6) is 0 Å². The van der Waals surface area contributed by atoms with Gasteiger partial charge in [0.15, 0.2) is 11.8 Å². The summed E-state index contributed by atoms with van der Waals surface area (Å²) in [5.41, 5.74) is 0. The summed E-state index contributed by atoms with van der Waals surface area (Å²) in [7, 11) is 0. The number of rotatable bonds is 4. The molecule has 0 amide bonds. The zero-order chi connectivity index (χ0) is 17.1. The molecule has 8 heteroatoms. The van der Waals surface area contributed by atoms with Crippen LogP contribution in [0.25, 0.3) is 0 Å². The number of nitrogens with zero attached hydrogens (tertiary/aromatic N) is 5. The number of ether oxygens (including phenoxy) is 2. The molecule has 2 unspecified atom stereocenters. The van der Waals surface area contributed by atoms with E-state index in [-0.39, 0.29) is 12.2 Å². The van der Waals surface area contributed by atoms with Crippen molar-refractivity contribution in [2.75, 3.05) is 32.8 Å². The van der Waals surface area contributed by atoms with Crippen molar-refractivity contribution in [2.45, 2.75) is 57.9 Å². The van der Waals surface area contributed by atoms with E-state index in [9.17, 15) is 0 Å². The Morgan fingerprint density at radius 3 is 2.96 bits per heavy atom. The van der Waals surface area contributed by atoms with E-state index in [0.717, 1.165) is 82.7 Å². The SMILES string of the molecule is CCNC(=NCc1nnc2n1CCC2)N1CCOC(C2CCCO2)C1. The van der Waals surface area contributed by atoms with Gasteiger partial charge in [0.2, 0.25) is 0 Å². The molecule has 0 radical (unpaired) electrons. The van der Waals surface area contributed by atoms with Gasteiger partial charge in [-0.25, -0.2) is 4.99 Å². The average Bonchev–Trinajstić information content (AvgIpc) is 3.37. The number of aromatic nitrogens is 3. The first-order chi connectivity index (χ1) is 12.3. The molecule has 0 bridgehead atoms. The van der Waals surface area contributed by atoms with Crippen molar-refractivity contribution in [1.29, 1.82) is 0 Å². The second kappa shape index (κ2) is 7.70. The third-order valence-electron chi connectivity index (χ3n) is 5.16. The molecule has 2 saturated heterocycles. The van der Waals surface area contributed by atoms with Gasteiger partial charge in [0.25, 0.3) is 0 Å². The minimum absolute atomic E-state index is 0.137. The zero-order valence-corrected chi connectivity index (χ0v) is 15.0. The molecule has 2 atom stereocenters. The molecule has 1 aromatic heterocycles. The highest BCUT2D eigenvalue weighted by atomic mass is 16.5. The number of aliphatic imine (C=N–C) groups is 1. The first kappa shape index (κ1) is 16.8. The van der Waals surface area contributed by atoms with Crippen LogP contribution < -0.4 is 5.32 Å². The fourth-order valence-electron chi connectivity index (χ4n) is 3.89. The van der Waals surface area contributed by atoms with Gasteiger partial charge >= 0.3 is 0 Å². The van der Waals surface area contributed by atoms with Crippen molar-refractivity contribution in [3.63, 3.8) is 0 Å². The van der Waals surface area contributed by atoms with Gasteiger partial charge < -0.3 is 24.3 Å². The quantitative estimate of drug-likeness (QED) is 0.633. The first-order valence-electron chi connectivity index (χ1n) is 9.52. The summed E-state index contributed by atoms with van der Waals surface area (Å²) in [5, 5.41) is 12.0. The maximum absolute atomic E-state index is 5.96. The van der Waals surface area contributed by atoms with Crippen LogP contribution in [0.15, 0.2) is 4.99 Å². The highest BCUT2D eigenvalue weighted by Gasteiger charge is 2.32. The standard InChI is InChI=1S/C17H28N6O2/c1-2-18-17(19-11-16-21-20-15-6-3-7-23(15)16)22-8-10-25-14(12-22)13-5-4-9-24-13/h13-14H,2-12H2,1H3,(H,18,19). The number of morpholine rings is 1. The fourth-order valence-corrected chi connectivity index (χ4v) is 3.89. The number of aryl methyl sites for hydroxylation is 1. The van der Waals surface area contributed by atoms with E-state index in [0.29, 0.717) is 6.54 Å². The number of fused-ring (bicyclic) bond motifs is 1. The number of hydrogen-bond acceptors (Lipinski definition) is 5. The topological polar surface area (TPSA) is 76.8 Å². The van der Waals surface area contributed by atoms with E-state index in [1.165, 1.54) is 0 Å². The molecule has 0 aromatic carbocycles. The predicted molar refractivity (Wildman–Crippen MR) is 93.4 cm³/mol. The lowest BCUT2D eigenvalue weighted by Gasteiger charge is -2.37. The van der Waals surface area contributed by atoms with Crippen LogP contribution in [0.4, 0.5) is 0 Å². The van der Waals surface area contributed by atoms with Crippen LogP contribution in [-0.4, -0.2) is 70.7 Å². The molecule has 0 spiro atoms. The predicted octanol–water partition coefficient (Wildman–Crippen LogP) is 0.570. The molecule has 25 heavy (non-hydrogen) atoms. The molecule has 4 heterocycles. The molecule has 138 valence electrons. The van der Waals surface area contributed by atoms with Gasteiger partial charge in [-0.2, -0.15) is 0 Å². The molecule has 1 N–H and O–H groups in total. The second-order valence-corrected chi connectivity index (χ2v) is 6.86. The van der Waals surface area contributed by atoms with Crippen LogP contribution in [0.3, 0.4) is 0 Å². The van der Waals surface area contributed by atoms with Crippen molar-refractivity contribution in [3.8, 4) is 0 Å². The van der Waals surface area contributed by atoms with Gasteiger partial charge in [0.05, 0.1) is 12.7 Å². The summed E-state index contributed by atoms with van der Waals surface area (Å²) in [6.45, 7) is 7.79.